The van der Waals surface area contributed by atoms with Crippen molar-refractivity contribution in [2.75, 3.05) is 9.80 Å². The van der Waals surface area contributed by atoms with Crippen LogP contribution in [0.4, 0.5) is 34.1 Å². The van der Waals surface area contributed by atoms with E-state index < -0.39 is 16.1 Å². The number of para-hydroxylation sites is 3. The van der Waals surface area contributed by atoms with Crippen molar-refractivity contribution in [2.45, 2.75) is 0 Å². The van der Waals surface area contributed by atoms with Crippen LogP contribution in [0.25, 0.3) is 40.8 Å². The average molecular weight is 1030 g/mol. The van der Waals surface area contributed by atoms with E-state index in [0.29, 0.717) is 0 Å². The number of anilines is 6. The zero-order chi connectivity index (χ0) is 48.1. The number of hydrogen-bond donors (Lipinski definition) is 0. The van der Waals surface area contributed by atoms with E-state index in [1.165, 1.54) is 116 Å². The zero-order valence-electron chi connectivity index (χ0n) is 39.9. The number of nitrogens with zero attached hydrogens (tertiary/aromatic N) is 2. The second-order valence-corrected chi connectivity index (χ2v) is 29.2. The summed E-state index contributed by atoms with van der Waals surface area (Å²) in [5.74, 6) is 0. The molecule has 0 aliphatic carbocycles. The van der Waals surface area contributed by atoms with Crippen LogP contribution in [0.5, 0.6) is 0 Å². The first-order valence-electron chi connectivity index (χ1n) is 25.3. The summed E-state index contributed by atoms with van der Waals surface area (Å²) in [7, 11) is -5.83. The van der Waals surface area contributed by atoms with Crippen LogP contribution in [-0.2, 0) is 0 Å². The Balaban J connectivity index is 1.07. The minimum absolute atomic E-state index is 0.161. The fourth-order valence-corrected chi connectivity index (χ4v) is 25.7. The molecule has 2 aliphatic heterocycles. The van der Waals surface area contributed by atoms with E-state index in [1.807, 2.05) is 0 Å². The maximum absolute atomic E-state index is 2.98. The topological polar surface area (TPSA) is 6.48 Å². The largest absolute Gasteiger partial charge is 0.0623 e. The van der Waals surface area contributed by atoms with Gasteiger partial charge in [0.25, 0.3) is 0 Å². The SMILES string of the molecule is c1ccc([Si]2(c3ccccc3)c3ccccc3N(c3c4ccccc4c(N4c5ccccc5[Si](c5ccccc5)(c5ccccc5)c5cc6c(cc54)[se]c4ccccc46)c4ccccc34)c3ccccc32)cc1. The van der Waals surface area contributed by atoms with Gasteiger partial charge >= 0.3 is 353 Å². The first-order chi connectivity index (χ1) is 36.3. The molecule has 3 heterocycles. The Morgan fingerprint density at radius 1 is 0.233 bits per heavy atom. The molecule has 0 amide bonds. The van der Waals surface area contributed by atoms with E-state index >= 15 is 0 Å². The third-order valence-corrected chi connectivity index (χ3v) is 28.0. The van der Waals surface area contributed by atoms with E-state index in [2.05, 4.69) is 289 Å². The molecule has 0 unspecified atom stereocenters. The van der Waals surface area contributed by atoms with Crippen molar-refractivity contribution in [1.29, 1.82) is 0 Å². The smallest absolute Gasteiger partial charge is 0.0619 e. The van der Waals surface area contributed by atoms with Gasteiger partial charge in [-0.15, -0.1) is 0 Å². The number of benzene rings is 12. The maximum Gasteiger partial charge on any atom is -0.0619 e. The summed E-state index contributed by atoms with van der Waals surface area (Å²) in [6.07, 6.45) is 0. The van der Waals surface area contributed by atoms with Gasteiger partial charge < -0.3 is 0 Å². The molecule has 0 spiro atoms. The number of rotatable bonds is 6. The Morgan fingerprint density at radius 2 is 0.548 bits per heavy atom. The van der Waals surface area contributed by atoms with E-state index in [4.69, 9.17) is 0 Å². The van der Waals surface area contributed by atoms with Gasteiger partial charge in [-0.3, -0.25) is 0 Å². The second-order valence-electron chi connectivity index (χ2n) is 19.4. The first kappa shape index (κ1) is 42.4. The summed E-state index contributed by atoms with van der Waals surface area (Å²) < 4.78 is 2.90. The van der Waals surface area contributed by atoms with Gasteiger partial charge in [-0.1, -0.05) is 72.8 Å². The Hall–Kier alpha value is -8.29. The van der Waals surface area contributed by atoms with Gasteiger partial charge in [0, 0.05) is 0 Å². The molecule has 0 bridgehead atoms. The molecule has 73 heavy (non-hydrogen) atoms. The van der Waals surface area contributed by atoms with E-state index in [9.17, 15) is 0 Å². The van der Waals surface area contributed by atoms with Crippen molar-refractivity contribution in [3.05, 3.63) is 279 Å². The summed E-state index contributed by atoms with van der Waals surface area (Å²) in [6.45, 7) is 0. The summed E-state index contributed by atoms with van der Waals surface area (Å²) >= 11 is 0.161. The normalized spacial score (nSPS) is 14.2. The molecule has 13 aromatic rings. The van der Waals surface area contributed by atoms with Gasteiger partial charge in [-0.25, -0.2) is 0 Å². The van der Waals surface area contributed by atoms with Crippen molar-refractivity contribution in [1.82, 2.24) is 0 Å². The Labute approximate surface area is 433 Å². The standard InChI is InChI=1S/C68H46N2SeSi2/c1-5-25-47(26-6-1)72(48-27-7-2-8-28-48)63-42-22-18-38-57(63)69(58-39-19-23-43-64(58)72)67-52-34-13-15-36-54(52)68(55-37-16-14-35-53(55)67)70-59-40-20-24-44-65(59)73(49-29-9-3-10-30-49,50-31-11-4-12-32-50)66-45-56-51-33-17-21-41-61(51)71-62(56)46-60(66)70/h1-46H. The molecule has 0 atom stereocenters. The molecule has 0 fully saturated rings. The fraction of sp³-hybridized carbons (Fsp3) is 0. The summed E-state index contributed by atoms with van der Waals surface area (Å²) in [5, 5.41) is 18.8. The fourth-order valence-electron chi connectivity index (χ4n) is 13.1. The quantitative estimate of drug-likeness (QED) is 0.121. The van der Waals surface area contributed by atoms with Crippen LogP contribution in [0.2, 0.25) is 0 Å². The maximum atomic E-state index is 2.69. The molecule has 0 saturated carbocycles. The Bertz CT molecular complexity index is 4100. The minimum Gasteiger partial charge on any atom is -0.0623 e. The molecule has 0 saturated heterocycles. The molecular weight excluding hydrogens is 980 g/mol. The first-order valence-corrected chi connectivity index (χ1v) is 31.0. The van der Waals surface area contributed by atoms with E-state index in [0.717, 1.165) is 0 Å². The predicted molar refractivity (Wildman–Crippen MR) is 317 cm³/mol. The van der Waals surface area contributed by atoms with Gasteiger partial charge in [0.2, 0.25) is 0 Å². The molecule has 342 valence electrons. The molecule has 12 aromatic carbocycles. The third kappa shape index (κ3) is 5.96. The van der Waals surface area contributed by atoms with Crippen molar-refractivity contribution in [3.8, 4) is 0 Å². The molecular formula is C68H46N2SeSi2. The average Bonchev–Trinajstić information content (AvgIpc) is 3.84. The third-order valence-electron chi connectivity index (χ3n) is 15.9. The summed E-state index contributed by atoms with van der Waals surface area (Å²) in [6, 6.07) is 107. The molecule has 0 radical (unpaired) electrons. The number of fused-ring (bicyclic) bond motifs is 9. The van der Waals surface area contributed by atoms with Crippen LogP contribution in [0.15, 0.2) is 279 Å². The molecule has 2 nitrogen and oxygen atoms in total. The van der Waals surface area contributed by atoms with Crippen LogP contribution in [0.1, 0.15) is 0 Å². The summed E-state index contributed by atoms with van der Waals surface area (Å²) in [4.78, 5) is 5.32. The molecule has 5 heteroatoms. The van der Waals surface area contributed by atoms with Gasteiger partial charge in [-0.05, 0) is 10.4 Å². The van der Waals surface area contributed by atoms with Crippen molar-refractivity contribution in [3.63, 3.8) is 0 Å². The molecule has 2 aliphatic rings. The molecule has 1 aromatic heterocycles. The Morgan fingerprint density at radius 3 is 0.959 bits per heavy atom. The minimum atomic E-state index is -2.98. The monoisotopic (exact) mass is 1030 g/mol. The van der Waals surface area contributed by atoms with Gasteiger partial charge in [0.05, 0.1) is 0 Å². The number of hydrogen-bond acceptors (Lipinski definition) is 2. The van der Waals surface area contributed by atoms with Crippen molar-refractivity contribution >= 4 is 147 Å². The van der Waals surface area contributed by atoms with Gasteiger partial charge in [-0.2, -0.15) is 0 Å². The van der Waals surface area contributed by atoms with Crippen LogP contribution in [0, 0.1) is 0 Å². The van der Waals surface area contributed by atoms with E-state index in [1.54, 1.807) is 0 Å². The van der Waals surface area contributed by atoms with Crippen molar-refractivity contribution < 1.29 is 0 Å². The second kappa shape index (κ2) is 16.6. The van der Waals surface area contributed by atoms with Gasteiger partial charge in [0.15, 0.2) is 0 Å². The van der Waals surface area contributed by atoms with Crippen LogP contribution >= 0.6 is 0 Å². The van der Waals surface area contributed by atoms with Crippen molar-refractivity contribution in [2.24, 2.45) is 0 Å². The molecule has 15 rings (SSSR count). The van der Waals surface area contributed by atoms with E-state index in [-0.39, 0.29) is 14.5 Å². The van der Waals surface area contributed by atoms with Gasteiger partial charge in [0.1, 0.15) is 0 Å². The Kier molecular flexibility index (Phi) is 9.66. The van der Waals surface area contributed by atoms with Crippen LogP contribution in [-0.4, -0.2) is 30.7 Å². The zero-order valence-corrected chi connectivity index (χ0v) is 43.6. The van der Waals surface area contributed by atoms with Crippen LogP contribution in [0.3, 0.4) is 0 Å². The predicted octanol–water partition coefficient (Wildman–Crippen LogP) is 11.7. The molecule has 0 N–H and O–H groups in total. The summed E-state index contributed by atoms with van der Waals surface area (Å²) in [5.41, 5.74) is 7.41. The van der Waals surface area contributed by atoms with Crippen LogP contribution < -0.4 is 51.3 Å².